The van der Waals surface area contributed by atoms with Crippen molar-refractivity contribution in [2.45, 2.75) is 6.92 Å². The van der Waals surface area contributed by atoms with Gasteiger partial charge in [-0.15, -0.1) is 0 Å². The summed E-state index contributed by atoms with van der Waals surface area (Å²) in [6, 6.07) is 13.0. The molecule has 3 rings (SSSR count). The van der Waals surface area contributed by atoms with E-state index in [1.165, 1.54) is 17.5 Å². The molecule has 0 saturated carbocycles. The van der Waals surface area contributed by atoms with E-state index in [4.69, 9.17) is 16.3 Å². The van der Waals surface area contributed by atoms with Gasteiger partial charge in [-0.05, 0) is 30.7 Å². The molecule has 0 unspecified atom stereocenters. The third kappa shape index (κ3) is 4.10. The molecule has 1 aromatic heterocycles. The molecule has 0 bridgehead atoms. The number of aryl methyl sites for hydroxylation is 1. The van der Waals surface area contributed by atoms with Gasteiger partial charge in [-0.1, -0.05) is 41.1 Å². The van der Waals surface area contributed by atoms with Crippen LogP contribution in [0.2, 0.25) is 5.02 Å². The van der Waals surface area contributed by atoms with Crippen LogP contribution in [0.4, 0.5) is 16.5 Å². The molecule has 25 heavy (non-hydrogen) atoms. The predicted molar refractivity (Wildman–Crippen MR) is 103 cm³/mol. The van der Waals surface area contributed by atoms with Crippen LogP contribution >= 0.6 is 22.9 Å². The molecule has 128 valence electrons. The fourth-order valence-corrected chi connectivity index (χ4v) is 3.23. The number of ether oxygens (including phenoxy) is 1. The summed E-state index contributed by atoms with van der Waals surface area (Å²) >= 11 is 7.41. The number of methoxy groups -OCH3 is 1. The number of hydrogen-bond donors (Lipinski definition) is 2. The van der Waals surface area contributed by atoms with Gasteiger partial charge < -0.3 is 15.4 Å². The number of benzene rings is 2. The lowest BCUT2D eigenvalue weighted by molar-refractivity contribution is 0.103. The Bertz CT molecular complexity index is 891. The van der Waals surface area contributed by atoms with Gasteiger partial charge in [0.15, 0.2) is 5.13 Å². The quantitative estimate of drug-likeness (QED) is 0.652. The molecule has 0 spiro atoms. The van der Waals surface area contributed by atoms with Crippen LogP contribution in [-0.4, -0.2) is 18.0 Å². The van der Waals surface area contributed by atoms with Crippen molar-refractivity contribution in [3.8, 4) is 5.75 Å². The van der Waals surface area contributed by atoms with Crippen LogP contribution in [0, 0.1) is 6.92 Å². The maximum atomic E-state index is 12.4. The Hall–Kier alpha value is -2.57. The number of aromatic nitrogens is 1. The Balaban J connectivity index is 1.73. The number of halogens is 1. The molecule has 2 N–H and O–H groups in total. The van der Waals surface area contributed by atoms with Gasteiger partial charge in [0.2, 0.25) is 0 Å². The predicted octanol–water partition coefficient (Wildman–Crippen LogP) is 5.11. The molecule has 0 atom stereocenters. The van der Waals surface area contributed by atoms with Crippen molar-refractivity contribution in [3.63, 3.8) is 0 Å². The van der Waals surface area contributed by atoms with E-state index >= 15 is 0 Å². The maximum absolute atomic E-state index is 12.4. The van der Waals surface area contributed by atoms with Gasteiger partial charge in [-0.2, -0.15) is 0 Å². The highest BCUT2D eigenvalue weighted by Gasteiger charge is 2.14. The van der Waals surface area contributed by atoms with E-state index in [2.05, 4.69) is 15.6 Å². The molecule has 0 radical (unpaired) electrons. The number of hydrogen-bond acceptors (Lipinski definition) is 5. The normalized spacial score (nSPS) is 10.4. The number of carbonyl (C=O) groups is 1. The van der Waals surface area contributed by atoms with E-state index in [0.717, 1.165) is 17.0 Å². The van der Waals surface area contributed by atoms with Gasteiger partial charge in [-0.25, -0.2) is 4.98 Å². The zero-order valence-electron chi connectivity index (χ0n) is 13.7. The smallest absolute Gasteiger partial charge is 0.267 e. The number of anilines is 3. The Labute approximate surface area is 154 Å². The molecule has 0 aliphatic heterocycles. The van der Waals surface area contributed by atoms with Crippen molar-refractivity contribution < 1.29 is 9.53 Å². The van der Waals surface area contributed by atoms with Crippen LogP contribution in [0.5, 0.6) is 5.75 Å². The molecule has 5 nitrogen and oxygen atoms in total. The van der Waals surface area contributed by atoms with Gasteiger partial charge in [0, 0.05) is 11.8 Å². The summed E-state index contributed by atoms with van der Waals surface area (Å²) in [5.41, 5.74) is 2.35. The number of para-hydroxylation sites is 1. The first kappa shape index (κ1) is 17.3. The number of amides is 1. The minimum Gasteiger partial charge on any atom is -0.497 e. The highest BCUT2D eigenvalue weighted by atomic mass is 35.5. The Kier molecular flexibility index (Phi) is 5.21. The standard InChI is InChI=1S/C18H16ClN3O2S/c1-11-5-3-8-14(19)16(11)22-17(23)15-10-20-18(25-15)21-12-6-4-7-13(9-12)24-2/h3-10H,1-2H3,(H,20,21)(H,22,23). The summed E-state index contributed by atoms with van der Waals surface area (Å²) < 4.78 is 5.19. The average Bonchev–Trinajstić information content (AvgIpc) is 3.07. The summed E-state index contributed by atoms with van der Waals surface area (Å²) in [4.78, 5) is 17.2. The van der Waals surface area contributed by atoms with Crippen LogP contribution in [0.25, 0.3) is 0 Å². The lowest BCUT2D eigenvalue weighted by Crippen LogP contribution is -2.11. The maximum Gasteiger partial charge on any atom is 0.267 e. The molecule has 1 heterocycles. The van der Waals surface area contributed by atoms with Gasteiger partial charge in [0.05, 0.1) is 24.0 Å². The molecule has 7 heteroatoms. The highest BCUT2D eigenvalue weighted by Crippen LogP contribution is 2.28. The number of nitrogens with one attached hydrogen (secondary N) is 2. The van der Waals surface area contributed by atoms with E-state index in [9.17, 15) is 4.79 Å². The largest absolute Gasteiger partial charge is 0.497 e. The third-order valence-electron chi connectivity index (χ3n) is 3.51. The summed E-state index contributed by atoms with van der Waals surface area (Å²) in [6.07, 6.45) is 1.54. The van der Waals surface area contributed by atoms with Crippen molar-refractivity contribution in [1.29, 1.82) is 0 Å². The van der Waals surface area contributed by atoms with Crippen LogP contribution in [0.1, 0.15) is 15.2 Å². The zero-order valence-corrected chi connectivity index (χ0v) is 15.2. The lowest BCUT2D eigenvalue weighted by atomic mass is 10.2. The lowest BCUT2D eigenvalue weighted by Gasteiger charge is -2.08. The molecule has 0 aliphatic rings. The molecule has 0 fully saturated rings. The fourth-order valence-electron chi connectivity index (χ4n) is 2.23. The first-order valence-corrected chi connectivity index (χ1v) is 8.69. The summed E-state index contributed by atoms with van der Waals surface area (Å²) in [5, 5.41) is 7.13. The van der Waals surface area contributed by atoms with Gasteiger partial charge >= 0.3 is 0 Å². The van der Waals surface area contributed by atoms with Crippen LogP contribution < -0.4 is 15.4 Å². The molecule has 3 aromatic rings. The van der Waals surface area contributed by atoms with E-state index < -0.39 is 0 Å². The summed E-state index contributed by atoms with van der Waals surface area (Å²) in [6.45, 7) is 1.89. The van der Waals surface area contributed by atoms with Crippen molar-refractivity contribution in [2.24, 2.45) is 0 Å². The van der Waals surface area contributed by atoms with Crippen molar-refractivity contribution in [1.82, 2.24) is 4.98 Å². The topological polar surface area (TPSA) is 63.2 Å². The second kappa shape index (κ2) is 7.55. The van der Waals surface area contributed by atoms with E-state index in [1.807, 2.05) is 43.3 Å². The van der Waals surface area contributed by atoms with Gasteiger partial charge in [0.1, 0.15) is 10.6 Å². The molecule has 2 aromatic carbocycles. The molecule has 0 saturated heterocycles. The Morgan fingerprint density at radius 2 is 2.04 bits per heavy atom. The second-order valence-corrected chi connectivity index (χ2v) is 6.71. The molecular formula is C18H16ClN3O2S. The van der Waals surface area contributed by atoms with Crippen molar-refractivity contribution >= 4 is 45.4 Å². The average molecular weight is 374 g/mol. The minimum atomic E-state index is -0.243. The van der Waals surface area contributed by atoms with Crippen LogP contribution in [0.3, 0.4) is 0 Å². The fraction of sp³-hybridized carbons (Fsp3) is 0.111. The van der Waals surface area contributed by atoms with Crippen molar-refractivity contribution in [3.05, 3.63) is 64.1 Å². The summed E-state index contributed by atoms with van der Waals surface area (Å²) in [5.74, 6) is 0.501. The van der Waals surface area contributed by atoms with Crippen molar-refractivity contribution in [2.75, 3.05) is 17.7 Å². The zero-order chi connectivity index (χ0) is 17.8. The minimum absolute atomic E-state index is 0.243. The third-order valence-corrected chi connectivity index (χ3v) is 4.74. The summed E-state index contributed by atoms with van der Waals surface area (Å²) in [7, 11) is 1.61. The second-order valence-electron chi connectivity index (χ2n) is 5.27. The van der Waals surface area contributed by atoms with E-state index in [0.29, 0.717) is 20.7 Å². The molecule has 1 amide bonds. The van der Waals surface area contributed by atoms with E-state index in [1.54, 1.807) is 13.2 Å². The van der Waals surface area contributed by atoms with Crippen LogP contribution in [0.15, 0.2) is 48.7 Å². The Morgan fingerprint density at radius 1 is 1.24 bits per heavy atom. The van der Waals surface area contributed by atoms with Crippen LogP contribution in [-0.2, 0) is 0 Å². The molecular weight excluding hydrogens is 358 g/mol. The van der Waals surface area contributed by atoms with Gasteiger partial charge in [-0.3, -0.25) is 4.79 Å². The highest BCUT2D eigenvalue weighted by molar-refractivity contribution is 7.17. The van der Waals surface area contributed by atoms with Gasteiger partial charge in [0.25, 0.3) is 5.91 Å². The number of rotatable bonds is 5. The first-order chi connectivity index (χ1) is 12.1. The van der Waals surface area contributed by atoms with E-state index in [-0.39, 0.29) is 5.91 Å². The number of thiazole rings is 1. The number of nitrogens with zero attached hydrogens (tertiary/aromatic N) is 1. The SMILES string of the molecule is COc1cccc(Nc2ncc(C(=O)Nc3c(C)cccc3Cl)s2)c1. The monoisotopic (exact) mass is 373 g/mol. The Morgan fingerprint density at radius 3 is 2.80 bits per heavy atom. The first-order valence-electron chi connectivity index (χ1n) is 7.50. The molecule has 0 aliphatic carbocycles. The number of carbonyl (C=O) groups excluding carboxylic acids is 1.